The number of rotatable bonds is 7. The van der Waals surface area contributed by atoms with Crippen molar-refractivity contribution >= 4 is 34.3 Å². The Morgan fingerprint density at radius 3 is 2.29 bits per heavy atom. The van der Waals surface area contributed by atoms with Crippen LogP contribution in [0.25, 0.3) is 5.57 Å². The number of nitrogens with zero attached hydrogens (tertiary/aromatic N) is 3. The van der Waals surface area contributed by atoms with Crippen LogP contribution in [0, 0.1) is 6.92 Å². The van der Waals surface area contributed by atoms with Crippen molar-refractivity contribution in [1.29, 1.82) is 0 Å². The van der Waals surface area contributed by atoms with Gasteiger partial charge >= 0.3 is 0 Å². The van der Waals surface area contributed by atoms with Gasteiger partial charge in [-0.05, 0) is 74.0 Å². The predicted molar refractivity (Wildman–Crippen MR) is 141 cm³/mol. The number of aliphatic hydroxyl groups is 1. The van der Waals surface area contributed by atoms with Crippen LogP contribution < -0.4 is 10.6 Å². The molecule has 0 aliphatic carbocycles. The summed E-state index contributed by atoms with van der Waals surface area (Å²) in [7, 11) is 1.84. The highest BCUT2D eigenvalue weighted by Crippen LogP contribution is 2.44. The lowest BCUT2D eigenvalue weighted by Crippen LogP contribution is -2.32. The molecule has 0 saturated heterocycles. The van der Waals surface area contributed by atoms with Crippen molar-refractivity contribution in [3.05, 3.63) is 100 Å². The first-order chi connectivity index (χ1) is 16.3. The van der Waals surface area contributed by atoms with Gasteiger partial charge in [-0.25, -0.2) is 0 Å². The van der Waals surface area contributed by atoms with E-state index in [9.17, 15) is 5.11 Å². The number of aromatic nitrogens is 2. The molecule has 34 heavy (non-hydrogen) atoms. The standard InChI is InChI=1S/C27H28ClN5O/c1-6-30-26-21(11-19(12-22(26)29-5)25-17(3)14-31-18(25)4)27(34,23-9-7-16(2)13-32-23)24-10-8-20(28)15-33-24/h6-13,15,29-30,34H,1,14H2,2-5H3. The second-order valence-corrected chi connectivity index (χ2v) is 8.83. The van der Waals surface area contributed by atoms with Crippen LogP contribution in [-0.4, -0.2) is 34.4 Å². The zero-order valence-electron chi connectivity index (χ0n) is 19.8. The minimum Gasteiger partial charge on any atom is -0.386 e. The molecule has 6 nitrogen and oxygen atoms in total. The van der Waals surface area contributed by atoms with Crippen LogP contribution in [0.4, 0.5) is 11.4 Å². The second-order valence-electron chi connectivity index (χ2n) is 8.39. The van der Waals surface area contributed by atoms with E-state index in [4.69, 9.17) is 11.6 Å². The number of benzene rings is 1. The average Bonchev–Trinajstić information content (AvgIpc) is 3.17. The largest absolute Gasteiger partial charge is 0.386 e. The van der Waals surface area contributed by atoms with E-state index in [0.29, 0.717) is 34.2 Å². The van der Waals surface area contributed by atoms with Crippen molar-refractivity contribution in [3.63, 3.8) is 0 Å². The van der Waals surface area contributed by atoms with E-state index in [0.717, 1.165) is 28.1 Å². The zero-order valence-corrected chi connectivity index (χ0v) is 20.5. The summed E-state index contributed by atoms with van der Waals surface area (Å²) in [6.45, 7) is 10.6. The zero-order chi connectivity index (χ0) is 24.5. The highest BCUT2D eigenvalue weighted by atomic mass is 35.5. The van der Waals surface area contributed by atoms with Gasteiger partial charge in [0.2, 0.25) is 0 Å². The summed E-state index contributed by atoms with van der Waals surface area (Å²) in [5.41, 5.74) is 6.39. The summed E-state index contributed by atoms with van der Waals surface area (Å²) < 4.78 is 0. The van der Waals surface area contributed by atoms with Crippen LogP contribution in [0.2, 0.25) is 5.02 Å². The maximum absolute atomic E-state index is 12.5. The minimum absolute atomic E-state index is 0.405. The molecule has 0 radical (unpaired) electrons. The molecular formula is C27H28ClN5O. The molecule has 7 heteroatoms. The van der Waals surface area contributed by atoms with Crippen LogP contribution in [0.15, 0.2) is 72.1 Å². The Morgan fingerprint density at radius 2 is 1.76 bits per heavy atom. The number of aliphatic imine (C=N–C) groups is 1. The Labute approximate surface area is 205 Å². The molecule has 1 aromatic carbocycles. The summed E-state index contributed by atoms with van der Waals surface area (Å²) in [4.78, 5) is 13.7. The maximum atomic E-state index is 12.5. The van der Waals surface area contributed by atoms with Crippen LogP contribution in [0.1, 0.15) is 41.9 Å². The van der Waals surface area contributed by atoms with Crippen molar-refractivity contribution in [2.45, 2.75) is 26.4 Å². The molecule has 2 aromatic heterocycles. The van der Waals surface area contributed by atoms with E-state index < -0.39 is 5.60 Å². The number of halogens is 1. The van der Waals surface area contributed by atoms with E-state index in [1.165, 1.54) is 11.8 Å². The van der Waals surface area contributed by atoms with E-state index in [1.807, 2.05) is 39.1 Å². The van der Waals surface area contributed by atoms with Gasteiger partial charge in [-0.1, -0.05) is 24.2 Å². The van der Waals surface area contributed by atoms with Crippen molar-refractivity contribution in [2.75, 3.05) is 24.2 Å². The number of allylic oxidation sites excluding steroid dienone is 1. The summed E-state index contributed by atoms with van der Waals surface area (Å²) in [6.07, 6.45) is 4.85. The monoisotopic (exact) mass is 473 g/mol. The Morgan fingerprint density at radius 1 is 1.06 bits per heavy atom. The lowest BCUT2D eigenvalue weighted by atomic mass is 9.82. The molecule has 0 amide bonds. The molecule has 1 unspecified atom stereocenters. The van der Waals surface area contributed by atoms with Gasteiger partial charge in [0, 0.05) is 36.3 Å². The molecule has 3 N–H and O–H groups in total. The van der Waals surface area contributed by atoms with Gasteiger partial charge in [0.15, 0.2) is 5.60 Å². The smallest absolute Gasteiger partial charge is 0.176 e. The number of pyridine rings is 2. The van der Waals surface area contributed by atoms with Crippen LogP contribution in [-0.2, 0) is 5.60 Å². The SMILES string of the molecule is C=CNc1c(NC)cc(C2=C(C)CN=C2C)cc1C(O)(c1ccc(C)cn1)c1ccc(Cl)cn1. The number of anilines is 2. The van der Waals surface area contributed by atoms with Gasteiger partial charge in [0.25, 0.3) is 0 Å². The van der Waals surface area contributed by atoms with Gasteiger partial charge in [-0.3, -0.25) is 15.0 Å². The summed E-state index contributed by atoms with van der Waals surface area (Å²) in [6, 6.07) is 11.2. The fourth-order valence-electron chi connectivity index (χ4n) is 4.36. The Balaban J connectivity index is 2.09. The van der Waals surface area contributed by atoms with Crippen LogP contribution in [0.3, 0.4) is 0 Å². The minimum atomic E-state index is -1.68. The highest BCUT2D eigenvalue weighted by Gasteiger charge is 2.40. The van der Waals surface area contributed by atoms with Gasteiger partial charge in [-0.15, -0.1) is 0 Å². The Bertz CT molecular complexity index is 1250. The van der Waals surface area contributed by atoms with Gasteiger partial charge in [0.05, 0.1) is 34.3 Å². The molecule has 0 spiro atoms. The number of hydrogen-bond acceptors (Lipinski definition) is 6. The van der Waals surface area contributed by atoms with E-state index in [2.05, 4.69) is 45.2 Å². The fourth-order valence-corrected chi connectivity index (χ4v) is 4.48. The average molecular weight is 474 g/mol. The van der Waals surface area contributed by atoms with Crippen LogP contribution in [0.5, 0.6) is 0 Å². The Kier molecular flexibility index (Phi) is 6.55. The van der Waals surface area contributed by atoms with Crippen molar-refractivity contribution < 1.29 is 5.11 Å². The highest BCUT2D eigenvalue weighted by molar-refractivity contribution is 6.30. The van der Waals surface area contributed by atoms with E-state index >= 15 is 0 Å². The molecule has 0 fully saturated rings. The first-order valence-electron chi connectivity index (χ1n) is 11.0. The van der Waals surface area contributed by atoms with E-state index in [1.54, 1.807) is 24.5 Å². The van der Waals surface area contributed by atoms with Crippen molar-refractivity contribution in [1.82, 2.24) is 9.97 Å². The molecule has 1 atom stereocenters. The fraction of sp³-hybridized carbons (Fsp3) is 0.222. The summed E-state index contributed by atoms with van der Waals surface area (Å²) >= 11 is 6.13. The molecule has 4 rings (SSSR count). The lowest BCUT2D eigenvalue weighted by Gasteiger charge is -2.31. The van der Waals surface area contributed by atoms with Crippen molar-refractivity contribution in [3.8, 4) is 0 Å². The third-order valence-electron chi connectivity index (χ3n) is 6.05. The number of hydrogen-bond donors (Lipinski definition) is 3. The summed E-state index contributed by atoms with van der Waals surface area (Å²) in [5, 5.41) is 19.5. The van der Waals surface area contributed by atoms with Crippen molar-refractivity contribution in [2.24, 2.45) is 4.99 Å². The molecule has 0 bridgehead atoms. The third kappa shape index (κ3) is 4.11. The lowest BCUT2D eigenvalue weighted by molar-refractivity contribution is 0.117. The summed E-state index contributed by atoms with van der Waals surface area (Å²) in [5.74, 6) is 0. The molecule has 1 aliphatic heterocycles. The number of nitrogens with one attached hydrogen (secondary N) is 2. The number of aryl methyl sites for hydroxylation is 1. The van der Waals surface area contributed by atoms with Gasteiger partial charge < -0.3 is 15.7 Å². The van der Waals surface area contributed by atoms with E-state index in [-0.39, 0.29) is 0 Å². The van der Waals surface area contributed by atoms with Gasteiger partial charge in [0.1, 0.15) is 0 Å². The third-order valence-corrected chi connectivity index (χ3v) is 6.28. The maximum Gasteiger partial charge on any atom is 0.176 e. The Hall–Kier alpha value is -3.48. The molecule has 3 aromatic rings. The first-order valence-corrected chi connectivity index (χ1v) is 11.4. The molecule has 174 valence electrons. The second kappa shape index (κ2) is 9.41. The molecule has 3 heterocycles. The molecule has 0 saturated carbocycles. The predicted octanol–water partition coefficient (Wildman–Crippen LogP) is 5.57. The molecular weight excluding hydrogens is 446 g/mol. The topological polar surface area (TPSA) is 82.4 Å². The molecule has 1 aliphatic rings. The van der Waals surface area contributed by atoms with Gasteiger partial charge in [-0.2, -0.15) is 0 Å². The van der Waals surface area contributed by atoms with Crippen LogP contribution >= 0.6 is 11.6 Å². The normalized spacial score (nSPS) is 15.1. The quantitative estimate of drug-likeness (QED) is 0.418. The first kappa shape index (κ1) is 23.7.